The fourth-order valence-electron chi connectivity index (χ4n) is 2.13. The number of nitriles is 1. The zero-order valence-corrected chi connectivity index (χ0v) is 11.2. The molecule has 0 aromatic carbocycles. The van der Waals surface area contributed by atoms with E-state index in [4.69, 9.17) is 10.00 Å². The maximum Gasteiger partial charge on any atom is 0.311 e. The van der Waals surface area contributed by atoms with Gasteiger partial charge >= 0.3 is 5.69 Å². The van der Waals surface area contributed by atoms with E-state index in [1.54, 1.807) is 0 Å². The van der Waals surface area contributed by atoms with E-state index in [2.05, 4.69) is 11.1 Å². The molecule has 0 radical (unpaired) electrons. The van der Waals surface area contributed by atoms with Crippen LogP contribution in [0.1, 0.15) is 0 Å². The quantitative estimate of drug-likeness (QED) is 0.452. The monoisotopic (exact) mass is 277 g/mol. The smallest absolute Gasteiger partial charge is 0.311 e. The fraction of sp³-hybridized carbons (Fsp3) is 0.500. The minimum Gasteiger partial charge on any atom is -0.481 e. The minimum atomic E-state index is -0.441. The van der Waals surface area contributed by atoms with Crippen LogP contribution in [-0.2, 0) is 0 Å². The van der Waals surface area contributed by atoms with Gasteiger partial charge in [0.15, 0.2) is 0 Å². The molecule has 0 aliphatic carbocycles. The number of aromatic nitrogens is 1. The second-order valence-electron chi connectivity index (χ2n) is 4.37. The summed E-state index contributed by atoms with van der Waals surface area (Å²) in [6, 6.07) is 4.99. The third-order valence-electron chi connectivity index (χ3n) is 3.20. The van der Waals surface area contributed by atoms with Crippen molar-refractivity contribution in [2.45, 2.75) is 0 Å². The molecule has 1 aliphatic rings. The van der Waals surface area contributed by atoms with Crippen molar-refractivity contribution in [2.24, 2.45) is 0 Å². The molecule has 1 aromatic rings. The summed E-state index contributed by atoms with van der Waals surface area (Å²) in [5, 5.41) is 19.7. The highest BCUT2D eigenvalue weighted by Gasteiger charge is 2.25. The molecule has 2 rings (SSSR count). The van der Waals surface area contributed by atoms with Crippen molar-refractivity contribution in [3.05, 3.63) is 22.2 Å². The number of hydrogen-bond donors (Lipinski definition) is 0. The number of methoxy groups -OCH3 is 1. The first kappa shape index (κ1) is 14.0. The van der Waals surface area contributed by atoms with Crippen LogP contribution in [0.4, 0.5) is 11.5 Å². The lowest BCUT2D eigenvalue weighted by Crippen LogP contribution is -2.46. The maximum atomic E-state index is 11.1. The van der Waals surface area contributed by atoms with Gasteiger partial charge in [-0.2, -0.15) is 10.2 Å². The predicted molar refractivity (Wildman–Crippen MR) is 71.7 cm³/mol. The lowest BCUT2D eigenvalue weighted by atomic mass is 10.3. The van der Waals surface area contributed by atoms with Gasteiger partial charge < -0.3 is 9.64 Å². The van der Waals surface area contributed by atoms with Gasteiger partial charge in [0.1, 0.15) is 0 Å². The van der Waals surface area contributed by atoms with Crippen LogP contribution in [0.15, 0.2) is 12.1 Å². The number of hydrogen-bond acceptors (Lipinski definition) is 7. The first-order chi connectivity index (χ1) is 9.65. The summed E-state index contributed by atoms with van der Waals surface area (Å²) in [6.45, 7) is 2.94. The molecule has 8 nitrogen and oxygen atoms in total. The molecule has 1 saturated heterocycles. The summed E-state index contributed by atoms with van der Waals surface area (Å²) in [5.74, 6) is 0.677. The molecule has 2 heterocycles. The topological polar surface area (TPSA) is 95.5 Å². The summed E-state index contributed by atoms with van der Waals surface area (Å²) >= 11 is 0. The third kappa shape index (κ3) is 2.95. The summed E-state index contributed by atoms with van der Waals surface area (Å²) < 4.78 is 5.03. The van der Waals surface area contributed by atoms with E-state index in [9.17, 15) is 10.1 Å². The molecule has 0 bridgehead atoms. The summed E-state index contributed by atoms with van der Waals surface area (Å²) in [6.07, 6.45) is 0. The molecule has 1 aromatic heterocycles. The molecule has 0 N–H and O–H groups in total. The van der Waals surface area contributed by atoms with E-state index in [0.29, 0.717) is 44.4 Å². The molecule has 8 heteroatoms. The van der Waals surface area contributed by atoms with Crippen LogP contribution >= 0.6 is 0 Å². The number of pyridine rings is 1. The van der Waals surface area contributed by atoms with Crippen molar-refractivity contribution in [3.8, 4) is 11.9 Å². The standard InChI is InChI=1S/C12H15N5O3/c1-20-11-3-2-10(17(18)19)12(14-11)16-8-6-15(5-4-13)7-9-16/h2-3H,5-9H2,1H3. The highest BCUT2D eigenvalue weighted by atomic mass is 16.6. The van der Waals surface area contributed by atoms with Crippen molar-refractivity contribution >= 4 is 11.5 Å². The van der Waals surface area contributed by atoms with Crippen molar-refractivity contribution in [2.75, 3.05) is 44.7 Å². The van der Waals surface area contributed by atoms with Gasteiger partial charge in [-0.1, -0.05) is 0 Å². The Morgan fingerprint density at radius 1 is 1.45 bits per heavy atom. The van der Waals surface area contributed by atoms with E-state index >= 15 is 0 Å². The highest BCUT2D eigenvalue weighted by molar-refractivity contribution is 5.59. The number of ether oxygens (including phenoxy) is 1. The molecule has 1 aliphatic heterocycles. The summed E-state index contributed by atoms with van der Waals surface area (Å²) in [4.78, 5) is 18.7. The lowest BCUT2D eigenvalue weighted by Gasteiger charge is -2.33. The Labute approximate surface area is 116 Å². The van der Waals surface area contributed by atoms with Gasteiger partial charge in [0.2, 0.25) is 11.7 Å². The third-order valence-corrected chi connectivity index (χ3v) is 3.20. The number of nitro groups is 1. The maximum absolute atomic E-state index is 11.1. The molecular weight excluding hydrogens is 262 g/mol. The van der Waals surface area contributed by atoms with Crippen LogP contribution in [0.3, 0.4) is 0 Å². The molecule has 1 fully saturated rings. The number of anilines is 1. The largest absolute Gasteiger partial charge is 0.481 e. The van der Waals surface area contributed by atoms with Crippen molar-refractivity contribution < 1.29 is 9.66 Å². The van der Waals surface area contributed by atoms with E-state index in [1.807, 2.05) is 9.80 Å². The van der Waals surface area contributed by atoms with Crippen molar-refractivity contribution in [1.29, 1.82) is 5.26 Å². The zero-order valence-electron chi connectivity index (χ0n) is 11.2. The van der Waals surface area contributed by atoms with Gasteiger partial charge in [-0.05, 0) is 0 Å². The Hall–Kier alpha value is -2.40. The Morgan fingerprint density at radius 3 is 2.70 bits per heavy atom. The average molecular weight is 277 g/mol. The zero-order chi connectivity index (χ0) is 14.5. The van der Waals surface area contributed by atoms with Crippen molar-refractivity contribution in [1.82, 2.24) is 9.88 Å². The Kier molecular flexibility index (Phi) is 4.32. The first-order valence-electron chi connectivity index (χ1n) is 6.19. The SMILES string of the molecule is COc1ccc([N+](=O)[O-])c(N2CCN(CC#N)CC2)n1. The van der Waals surface area contributed by atoms with Crippen LogP contribution in [0.2, 0.25) is 0 Å². The van der Waals surface area contributed by atoms with Crippen LogP contribution in [-0.4, -0.2) is 54.6 Å². The molecular formula is C12H15N5O3. The van der Waals surface area contributed by atoms with Crippen molar-refractivity contribution in [3.63, 3.8) is 0 Å². The van der Waals surface area contributed by atoms with Crippen LogP contribution in [0.25, 0.3) is 0 Å². The number of nitrogens with zero attached hydrogens (tertiary/aromatic N) is 5. The van der Waals surface area contributed by atoms with Crippen LogP contribution in [0, 0.1) is 21.4 Å². The van der Waals surface area contributed by atoms with E-state index < -0.39 is 4.92 Å². The summed E-state index contributed by atoms with van der Waals surface area (Å²) in [5.41, 5.74) is -0.0282. The fourth-order valence-corrected chi connectivity index (χ4v) is 2.13. The molecule has 106 valence electrons. The van der Waals surface area contributed by atoms with E-state index in [0.717, 1.165) is 0 Å². The molecule has 0 saturated carbocycles. The van der Waals surface area contributed by atoms with Crippen LogP contribution in [0.5, 0.6) is 5.88 Å². The Balaban J connectivity index is 2.20. The molecule has 0 spiro atoms. The molecule has 0 unspecified atom stereocenters. The average Bonchev–Trinajstić information content (AvgIpc) is 2.47. The normalized spacial score (nSPS) is 15.7. The second-order valence-corrected chi connectivity index (χ2v) is 4.37. The van der Waals surface area contributed by atoms with Gasteiger partial charge in [0.05, 0.1) is 24.6 Å². The van der Waals surface area contributed by atoms with Gasteiger partial charge in [-0.25, -0.2) is 0 Å². The van der Waals surface area contributed by atoms with E-state index in [1.165, 1.54) is 19.2 Å². The van der Waals surface area contributed by atoms with Gasteiger partial charge in [-0.3, -0.25) is 15.0 Å². The first-order valence-corrected chi connectivity index (χ1v) is 6.19. The van der Waals surface area contributed by atoms with E-state index in [-0.39, 0.29) is 5.69 Å². The summed E-state index contributed by atoms with van der Waals surface area (Å²) in [7, 11) is 1.48. The Morgan fingerprint density at radius 2 is 2.15 bits per heavy atom. The Bertz CT molecular complexity index is 534. The number of piperazine rings is 1. The number of rotatable bonds is 4. The van der Waals surface area contributed by atoms with Gasteiger partial charge in [0.25, 0.3) is 0 Å². The van der Waals surface area contributed by atoms with Gasteiger partial charge in [-0.15, -0.1) is 0 Å². The predicted octanol–water partition coefficient (Wildman–Crippen LogP) is 0.644. The lowest BCUT2D eigenvalue weighted by molar-refractivity contribution is -0.384. The molecule has 0 atom stereocenters. The highest BCUT2D eigenvalue weighted by Crippen LogP contribution is 2.29. The molecule has 20 heavy (non-hydrogen) atoms. The van der Waals surface area contributed by atoms with Crippen LogP contribution < -0.4 is 9.64 Å². The minimum absolute atomic E-state index is 0.0282. The van der Waals surface area contributed by atoms with Gasteiger partial charge in [0, 0.05) is 38.3 Å². The second kappa shape index (κ2) is 6.16. The molecule has 0 amide bonds.